The van der Waals surface area contributed by atoms with Crippen molar-refractivity contribution in [3.05, 3.63) is 22.7 Å². The number of hydrogen-bond donors (Lipinski definition) is 1. The molecule has 1 aromatic heterocycles. The van der Waals surface area contributed by atoms with E-state index in [4.69, 9.17) is 16.3 Å². The van der Waals surface area contributed by atoms with Crippen LogP contribution < -0.4 is 10.1 Å². The highest BCUT2D eigenvalue weighted by Gasteiger charge is 2.34. The van der Waals surface area contributed by atoms with Gasteiger partial charge in [0.25, 0.3) is 5.91 Å². The number of rotatable bonds is 0. The van der Waals surface area contributed by atoms with Crippen molar-refractivity contribution in [2.24, 2.45) is 0 Å². The molecule has 1 N–H and O–H groups in total. The lowest BCUT2D eigenvalue weighted by Gasteiger charge is -2.33. The zero-order valence-corrected chi connectivity index (χ0v) is 10.2. The molecule has 7 heteroatoms. The van der Waals surface area contributed by atoms with Crippen LogP contribution in [0.4, 0.5) is 4.39 Å². The van der Waals surface area contributed by atoms with E-state index in [0.717, 1.165) is 6.54 Å². The zero-order valence-electron chi connectivity index (χ0n) is 9.45. The van der Waals surface area contributed by atoms with Crippen LogP contribution in [0, 0.1) is 5.82 Å². The Hall–Kier alpha value is -1.40. The normalized spacial score (nSPS) is 22.9. The summed E-state index contributed by atoms with van der Waals surface area (Å²) in [6.45, 7) is 2.20. The van der Waals surface area contributed by atoms with Gasteiger partial charge in [-0.15, -0.1) is 0 Å². The van der Waals surface area contributed by atoms with E-state index in [1.165, 1.54) is 6.20 Å². The highest BCUT2D eigenvalue weighted by molar-refractivity contribution is 6.29. The highest BCUT2D eigenvalue weighted by atomic mass is 35.5. The number of fused-ring (bicyclic) bond motifs is 2. The number of nitrogens with zero attached hydrogens (tertiary/aromatic N) is 2. The standard InChI is InChI=1S/C11H11ClFN3O2/c12-10-8(13)9-7(4-15-10)11(17)16-2-1-14-3-6(16)5-18-9/h4,6,14H,1-3,5H2. The largest absolute Gasteiger partial charge is 0.487 e. The summed E-state index contributed by atoms with van der Waals surface area (Å²) < 4.78 is 19.2. The van der Waals surface area contributed by atoms with Crippen molar-refractivity contribution in [1.82, 2.24) is 15.2 Å². The quantitative estimate of drug-likeness (QED) is 0.705. The number of carbonyl (C=O) groups excluding carboxylic acids is 1. The maximum Gasteiger partial charge on any atom is 0.259 e. The number of pyridine rings is 1. The van der Waals surface area contributed by atoms with Gasteiger partial charge in [0.15, 0.2) is 10.9 Å². The third kappa shape index (κ3) is 1.72. The molecule has 18 heavy (non-hydrogen) atoms. The lowest BCUT2D eigenvalue weighted by atomic mass is 10.1. The maximum absolute atomic E-state index is 13.8. The van der Waals surface area contributed by atoms with Crippen molar-refractivity contribution in [3.8, 4) is 5.75 Å². The van der Waals surface area contributed by atoms with Gasteiger partial charge in [0.2, 0.25) is 5.82 Å². The average molecular weight is 272 g/mol. The average Bonchev–Trinajstić information content (AvgIpc) is 2.53. The number of hydrogen-bond acceptors (Lipinski definition) is 4. The minimum Gasteiger partial charge on any atom is -0.487 e. The molecule has 1 fully saturated rings. The van der Waals surface area contributed by atoms with Gasteiger partial charge in [0.1, 0.15) is 12.2 Å². The van der Waals surface area contributed by atoms with Crippen LogP contribution in [0.5, 0.6) is 5.75 Å². The third-order valence-electron chi connectivity index (χ3n) is 3.19. The first kappa shape index (κ1) is 11.7. The Morgan fingerprint density at radius 1 is 1.61 bits per heavy atom. The first-order valence-electron chi connectivity index (χ1n) is 5.67. The smallest absolute Gasteiger partial charge is 0.259 e. The summed E-state index contributed by atoms with van der Waals surface area (Å²) in [6, 6.07) is -0.0863. The fourth-order valence-electron chi connectivity index (χ4n) is 2.25. The Labute approximate surface area is 108 Å². The maximum atomic E-state index is 13.8. The fraction of sp³-hybridized carbons (Fsp3) is 0.455. The minimum atomic E-state index is -0.768. The highest BCUT2D eigenvalue weighted by Crippen LogP contribution is 2.31. The van der Waals surface area contributed by atoms with Gasteiger partial charge in [0, 0.05) is 25.8 Å². The Kier molecular flexibility index (Phi) is 2.83. The lowest BCUT2D eigenvalue weighted by molar-refractivity contribution is 0.0605. The fourth-order valence-corrected chi connectivity index (χ4v) is 2.39. The van der Waals surface area contributed by atoms with Gasteiger partial charge >= 0.3 is 0 Å². The van der Waals surface area contributed by atoms with Crippen LogP contribution in [0.25, 0.3) is 0 Å². The number of amides is 1. The molecule has 1 amide bonds. The molecule has 3 heterocycles. The molecule has 2 aliphatic heterocycles. The first-order valence-corrected chi connectivity index (χ1v) is 6.04. The summed E-state index contributed by atoms with van der Waals surface area (Å²) in [4.78, 5) is 17.7. The Balaban J connectivity index is 2.06. The molecule has 3 rings (SSSR count). The van der Waals surface area contributed by atoms with Gasteiger partial charge in [-0.3, -0.25) is 4.79 Å². The van der Waals surface area contributed by atoms with E-state index in [-0.39, 0.29) is 35.0 Å². The first-order chi connectivity index (χ1) is 8.68. The van der Waals surface area contributed by atoms with Crippen LogP contribution >= 0.6 is 11.6 Å². The van der Waals surface area contributed by atoms with E-state index in [1.807, 2.05) is 0 Å². The van der Waals surface area contributed by atoms with Crippen molar-refractivity contribution >= 4 is 17.5 Å². The van der Waals surface area contributed by atoms with Gasteiger partial charge in [-0.25, -0.2) is 4.98 Å². The second-order valence-electron chi connectivity index (χ2n) is 4.27. The molecule has 1 unspecified atom stereocenters. The van der Waals surface area contributed by atoms with Crippen molar-refractivity contribution in [3.63, 3.8) is 0 Å². The van der Waals surface area contributed by atoms with Crippen molar-refractivity contribution in [2.75, 3.05) is 26.2 Å². The van der Waals surface area contributed by atoms with E-state index in [9.17, 15) is 9.18 Å². The molecule has 0 radical (unpaired) electrons. The van der Waals surface area contributed by atoms with E-state index in [1.54, 1.807) is 4.90 Å². The van der Waals surface area contributed by atoms with Gasteiger partial charge < -0.3 is 15.0 Å². The Morgan fingerprint density at radius 3 is 3.28 bits per heavy atom. The Bertz CT molecular complexity index is 511. The van der Waals surface area contributed by atoms with E-state index in [2.05, 4.69) is 10.3 Å². The van der Waals surface area contributed by atoms with Crippen LogP contribution in [0.1, 0.15) is 10.4 Å². The molecule has 1 saturated heterocycles. The molecule has 5 nitrogen and oxygen atoms in total. The molecule has 0 aliphatic carbocycles. The predicted octanol–water partition coefficient (Wildman–Crippen LogP) is 0.680. The second-order valence-corrected chi connectivity index (χ2v) is 4.63. The van der Waals surface area contributed by atoms with E-state index in [0.29, 0.717) is 13.1 Å². The number of piperazine rings is 1. The number of aromatic nitrogens is 1. The van der Waals surface area contributed by atoms with Crippen LogP contribution in [-0.4, -0.2) is 48.1 Å². The van der Waals surface area contributed by atoms with Crippen LogP contribution in [-0.2, 0) is 0 Å². The minimum absolute atomic E-state index is 0.0863. The molecule has 0 bridgehead atoms. The van der Waals surface area contributed by atoms with E-state index >= 15 is 0 Å². The van der Waals surface area contributed by atoms with E-state index < -0.39 is 5.82 Å². The summed E-state index contributed by atoms with van der Waals surface area (Å²) in [7, 11) is 0. The van der Waals surface area contributed by atoms with Gasteiger partial charge in [-0.1, -0.05) is 11.6 Å². The zero-order chi connectivity index (χ0) is 12.7. The molecule has 96 valence electrons. The number of ether oxygens (including phenoxy) is 1. The molecule has 2 aliphatic rings. The van der Waals surface area contributed by atoms with Crippen LogP contribution in [0.2, 0.25) is 5.15 Å². The van der Waals surface area contributed by atoms with Gasteiger partial charge in [-0.2, -0.15) is 4.39 Å². The summed E-state index contributed by atoms with van der Waals surface area (Å²) in [5.74, 6) is -1.11. The number of carbonyl (C=O) groups is 1. The summed E-state index contributed by atoms with van der Waals surface area (Å²) in [5.41, 5.74) is 0.140. The third-order valence-corrected chi connectivity index (χ3v) is 3.46. The molecule has 0 spiro atoms. The van der Waals surface area contributed by atoms with Crippen LogP contribution in [0.15, 0.2) is 6.20 Å². The molecule has 0 saturated carbocycles. The molecule has 0 aromatic carbocycles. The summed E-state index contributed by atoms with van der Waals surface area (Å²) >= 11 is 5.60. The van der Waals surface area contributed by atoms with Gasteiger partial charge in [-0.05, 0) is 0 Å². The monoisotopic (exact) mass is 271 g/mol. The summed E-state index contributed by atoms with van der Waals surface area (Å²) in [5, 5.41) is 2.90. The van der Waals surface area contributed by atoms with Crippen molar-refractivity contribution in [2.45, 2.75) is 6.04 Å². The van der Waals surface area contributed by atoms with Crippen LogP contribution in [0.3, 0.4) is 0 Å². The number of halogens is 2. The Morgan fingerprint density at radius 2 is 2.44 bits per heavy atom. The summed E-state index contributed by atoms with van der Waals surface area (Å²) in [6.07, 6.45) is 1.27. The molecule has 1 aromatic rings. The molecule has 1 atom stereocenters. The predicted molar refractivity (Wildman–Crippen MR) is 62.4 cm³/mol. The SMILES string of the molecule is O=C1c2cnc(Cl)c(F)c2OCC2CNCCN12. The number of nitrogens with one attached hydrogen (secondary N) is 1. The topological polar surface area (TPSA) is 54.5 Å². The molecular weight excluding hydrogens is 261 g/mol. The van der Waals surface area contributed by atoms with Crippen molar-refractivity contribution in [1.29, 1.82) is 0 Å². The van der Waals surface area contributed by atoms with Crippen molar-refractivity contribution < 1.29 is 13.9 Å². The lowest BCUT2D eigenvalue weighted by Crippen LogP contribution is -2.54. The molecular formula is C11H11ClFN3O2. The second kappa shape index (κ2) is 4.37. The van der Waals surface area contributed by atoms with Gasteiger partial charge in [0.05, 0.1) is 6.04 Å².